The molecule has 9 heteroatoms. The maximum atomic E-state index is 15.1. The second-order valence-electron chi connectivity index (χ2n) is 8.67. The fourth-order valence-corrected chi connectivity index (χ4v) is 5.08. The van der Waals surface area contributed by atoms with E-state index in [-0.39, 0.29) is 30.1 Å². The van der Waals surface area contributed by atoms with Gasteiger partial charge in [-0.1, -0.05) is 29.8 Å². The number of carbonyl (C=O) groups excluding carboxylic acids is 2. The highest BCUT2D eigenvalue weighted by atomic mass is 35.5. The number of aromatic nitrogens is 1. The molecule has 0 fully saturated rings. The van der Waals surface area contributed by atoms with E-state index >= 15 is 4.39 Å². The fourth-order valence-electron chi connectivity index (χ4n) is 4.85. The van der Waals surface area contributed by atoms with Crippen LogP contribution in [0.5, 0.6) is 5.75 Å². The second-order valence-corrected chi connectivity index (χ2v) is 9.07. The number of amides is 2. The van der Waals surface area contributed by atoms with Gasteiger partial charge in [0.15, 0.2) is 11.6 Å². The summed E-state index contributed by atoms with van der Waals surface area (Å²) in [6.07, 6.45) is 1.15. The van der Waals surface area contributed by atoms with Crippen molar-refractivity contribution in [2.45, 2.75) is 19.4 Å². The Balaban J connectivity index is 1.85. The van der Waals surface area contributed by atoms with Crippen molar-refractivity contribution in [1.82, 2.24) is 15.2 Å². The Kier molecular flexibility index (Phi) is 6.66. The summed E-state index contributed by atoms with van der Waals surface area (Å²) in [5.74, 6) is -1.54. The van der Waals surface area contributed by atoms with Crippen molar-refractivity contribution < 1.29 is 23.8 Å². The van der Waals surface area contributed by atoms with Crippen molar-refractivity contribution in [2.24, 2.45) is 0 Å². The lowest BCUT2D eigenvalue weighted by molar-refractivity contribution is 0.0880. The van der Waals surface area contributed by atoms with Gasteiger partial charge in [0.1, 0.15) is 0 Å². The van der Waals surface area contributed by atoms with Crippen LogP contribution in [0.4, 0.5) is 4.39 Å². The Morgan fingerprint density at radius 3 is 2.58 bits per heavy atom. The third kappa shape index (κ3) is 4.01. The maximum Gasteiger partial charge on any atom is 0.259 e. The normalized spacial score (nSPS) is 13.0. The number of aliphatic hydroxyl groups excluding tert-OH is 1. The zero-order chi connectivity index (χ0) is 25.4. The number of fused-ring (bicyclic) bond motifs is 5. The Hall–Kier alpha value is -3.46. The first-order chi connectivity index (χ1) is 17.5. The highest BCUT2D eigenvalue weighted by Crippen LogP contribution is 2.43. The summed E-state index contributed by atoms with van der Waals surface area (Å²) in [6.45, 7) is 1.44. The SMILES string of the molecule is CNCCCn1c2cc(OCCCO)c(F)cc2c2c3c(c(-c4ccccc4Cl)cc21)C(=O)NC3=O. The molecule has 2 heterocycles. The number of nitrogens with one attached hydrogen (secondary N) is 2. The van der Waals surface area contributed by atoms with Crippen molar-refractivity contribution in [1.29, 1.82) is 0 Å². The third-order valence-corrected chi connectivity index (χ3v) is 6.75. The van der Waals surface area contributed by atoms with Gasteiger partial charge in [0, 0.05) is 47.0 Å². The molecule has 2 amide bonds. The quantitative estimate of drug-likeness (QED) is 0.228. The highest BCUT2D eigenvalue weighted by molar-refractivity contribution is 6.36. The minimum Gasteiger partial charge on any atom is -0.490 e. The molecule has 0 unspecified atom stereocenters. The topological polar surface area (TPSA) is 92.6 Å². The number of hydrogen-bond acceptors (Lipinski definition) is 5. The average Bonchev–Trinajstić information content (AvgIpc) is 3.32. The molecule has 4 aromatic rings. The Bertz CT molecular complexity index is 1510. The molecule has 3 aromatic carbocycles. The second kappa shape index (κ2) is 9.89. The number of nitrogens with zero attached hydrogens (tertiary/aromatic N) is 1. The number of hydrogen-bond donors (Lipinski definition) is 3. The molecule has 1 aromatic heterocycles. The molecule has 3 N–H and O–H groups in total. The summed E-state index contributed by atoms with van der Waals surface area (Å²) in [4.78, 5) is 26.0. The lowest BCUT2D eigenvalue weighted by Gasteiger charge is -2.12. The van der Waals surface area contributed by atoms with Crippen LogP contribution in [-0.4, -0.2) is 48.3 Å². The average molecular weight is 510 g/mol. The van der Waals surface area contributed by atoms with E-state index in [1.54, 1.807) is 24.3 Å². The molecule has 0 spiro atoms. The number of aliphatic hydroxyl groups is 1. The van der Waals surface area contributed by atoms with E-state index in [1.165, 1.54) is 6.07 Å². The molecule has 0 atom stereocenters. The van der Waals surface area contributed by atoms with Gasteiger partial charge in [-0.25, -0.2) is 4.39 Å². The number of benzene rings is 3. The summed E-state index contributed by atoms with van der Waals surface area (Å²) in [6, 6.07) is 12.0. The molecule has 0 aliphatic carbocycles. The largest absolute Gasteiger partial charge is 0.490 e. The number of carbonyl (C=O) groups is 2. The molecule has 186 valence electrons. The lowest BCUT2D eigenvalue weighted by atomic mass is 9.93. The van der Waals surface area contributed by atoms with Crippen molar-refractivity contribution >= 4 is 45.2 Å². The van der Waals surface area contributed by atoms with Gasteiger partial charge in [0.05, 0.1) is 28.8 Å². The molecule has 5 rings (SSSR count). The number of aryl methyl sites for hydroxylation is 1. The number of halogens is 2. The summed E-state index contributed by atoms with van der Waals surface area (Å²) in [5, 5.41) is 16.1. The molecule has 36 heavy (non-hydrogen) atoms. The van der Waals surface area contributed by atoms with Gasteiger partial charge >= 0.3 is 0 Å². The van der Waals surface area contributed by atoms with Crippen LogP contribution in [-0.2, 0) is 6.54 Å². The monoisotopic (exact) mass is 509 g/mol. The first-order valence-electron chi connectivity index (χ1n) is 11.8. The van der Waals surface area contributed by atoms with Gasteiger partial charge in [0.25, 0.3) is 11.8 Å². The van der Waals surface area contributed by atoms with Gasteiger partial charge in [-0.05, 0) is 43.8 Å². The number of ether oxygens (including phenoxy) is 1. The van der Waals surface area contributed by atoms with E-state index < -0.39 is 17.6 Å². The number of rotatable bonds is 9. The minimum atomic E-state index is -0.580. The molecular weight excluding hydrogens is 485 g/mol. The first kappa shape index (κ1) is 24.2. The van der Waals surface area contributed by atoms with Gasteiger partial charge in [-0.2, -0.15) is 0 Å². The van der Waals surface area contributed by atoms with Gasteiger partial charge < -0.3 is 19.7 Å². The molecule has 0 bridgehead atoms. The van der Waals surface area contributed by atoms with Gasteiger partial charge in [0.2, 0.25) is 0 Å². The van der Waals surface area contributed by atoms with Gasteiger partial charge in [-0.15, -0.1) is 0 Å². The van der Waals surface area contributed by atoms with Crippen molar-refractivity contribution in [3.8, 4) is 16.9 Å². The van der Waals surface area contributed by atoms with E-state index in [2.05, 4.69) is 10.6 Å². The Morgan fingerprint density at radius 2 is 1.83 bits per heavy atom. The van der Waals surface area contributed by atoms with E-state index in [1.807, 2.05) is 23.7 Å². The molecule has 0 saturated carbocycles. The van der Waals surface area contributed by atoms with Crippen LogP contribution in [0, 0.1) is 5.82 Å². The van der Waals surface area contributed by atoms with Crippen LogP contribution < -0.4 is 15.4 Å². The fraction of sp³-hybridized carbons (Fsp3) is 0.259. The summed E-state index contributed by atoms with van der Waals surface area (Å²) in [7, 11) is 1.87. The maximum absolute atomic E-state index is 15.1. The Labute approximate surface area is 211 Å². The number of imide groups is 1. The van der Waals surface area contributed by atoms with Crippen molar-refractivity contribution in [3.05, 3.63) is 64.4 Å². The van der Waals surface area contributed by atoms with Crippen LogP contribution in [0.3, 0.4) is 0 Å². The molecule has 7 nitrogen and oxygen atoms in total. The van der Waals surface area contributed by atoms with Crippen LogP contribution in [0.15, 0.2) is 42.5 Å². The Morgan fingerprint density at radius 1 is 1.06 bits per heavy atom. The summed E-state index contributed by atoms with van der Waals surface area (Å²) >= 11 is 6.50. The molecular formula is C27H25ClFN3O4. The third-order valence-electron chi connectivity index (χ3n) is 6.42. The predicted molar refractivity (Wildman–Crippen MR) is 137 cm³/mol. The minimum absolute atomic E-state index is 0.0613. The first-order valence-corrected chi connectivity index (χ1v) is 12.1. The van der Waals surface area contributed by atoms with Crippen LogP contribution in [0.1, 0.15) is 33.6 Å². The van der Waals surface area contributed by atoms with Crippen molar-refractivity contribution in [3.63, 3.8) is 0 Å². The summed E-state index contributed by atoms with van der Waals surface area (Å²) in [5.41, 5.74) is 3.02. The zero-order valence-corrected chi connectivity index (χ0v) is 20.4. The molecule has 1 aliphatic heterocycles. The van der Waals surface area contributed by atoms with Crippen LogP contribution in [0.25, 0.3) is 32.9 Å². The van der Waals surface area contributed by atoms with E-state index in [0.717, 1.165) is 13.0 Å². The van der Waals surface area contributed by atoms with Gasteiger partial charge in [-0.3, -0.25) is 14.9 Å². The summed E-state index contributed by atoms with van der Waals surface area (Å²) < 4.78 is 22.7. The standard InChI is InChI=1S/C27H25ClFN3O4/c1-30-8-4-9-32-20-14-22(36-11-5-10-33)19(29)12-17(20)23-21(32)13-16(15-6-2-3-7-18(15)28)24-25(23)27(35)31-26(24)34/h2-3,6-7,12-14,30,33H,4-5,8-11H2,1H3,(H,31,34,35). The van der Waals surface area contributed by atoms with E-state index in [0.29, 0.717) is 50.9 Å². The molecule has 0 radical (unpaired) electrons. The predicted octanol–water partition coefficient (Wildman–Crippen LogP) is 4.51. The van der Waals surface area contributed by atoms with E-state index in [4.69, 9.17) is 21.4 Å². The zero-order valence-electron chi connectivity index (χ0n) is 19.7. The molecule has 1 aliphatic rings. The van der Waals surface area contributed by atoms with Crippen LogP contribution in [0.2, 0.25) is 5.02 Å². The van der Waals surface area contributed by atoms with Crippen LogP contribution >= 0.6 is 11.6 Å². The van der Waals surface area contributed by atoms with E-state index in [9.17, 15) is 9.59 Å². The van der Waals surface area contributed by atoms with Crippen molar-refractivity contribution in [2.75, 3.05) is 26.8 Å². The highest BCUT2D eigenvalue weighted by Gasteiger charge is 2.35. The lowest BCUT2D eigenvalue weighted by Crippen LogP contribution is -2.20. The smallest absolute Gasteiger partial charge is 0.259 e. The molecule has 0 saturated heterocycles.